The summed E-state index contributed by atoms with van der Waals surface area (Å²) in [6, 6.07) is 0. The molecule has 0 radical (unpaired) electrons. The van der Waals surface area contributed by atoms with Crippen LogP contribution in [0.3, 0.4) is 0 Å². The van der Waals surface area contributed by atoms with E-state index in [9.17, 15) is 9.59 Å². The second-order valence-electron chi connectivity index (χ2n) is 6.36. The smallest absolute Gasteiger partial charge is 0.259 e. The molecule has 6 nitrogen and oxygen atoms in total. The van der Waals surface area contributed by atoms with Gasteiger partial charge in [0, 0.05) is 26.1 Å². The molecule has 3 rings (SSSR count). The van der Waals surface area contributed by atoms with Crippen LogP contribution in [0.2, 0.25) is 0 Å². The largest absolute Gasteiger partial charge is 0.364 e. The molecule has 2 fully saturated rings. The Hall–Kier alpha value is -1.85. The van der Waals surface area contributed by atoms with E-state index in [0.717, 1.165) is 32.2 Å². The molecule has 1 aromatic heterocycles. The van der Waals surface area contributed by atoms with E-state index in [1.807, 2.05) is 16.7 Å². The molecule has 2 aliphatic rings. The second-order valence-corrected chi connectivity index (χ2v) is 6.36. The normalized spacial score (nSPS) is 25.8. The average molecular weight is 305 g/mol. The van der Waals surface area contributed by atoms with Crippen LogP contribution >= 0.6 is 0 Å². The van der Waals surface area contributed by atoms with Crippen molar-refractivity contribution in [2.75, 3.05) is 19.6 Å². The van der Waals surface area contributed by atoms with Gasteiger partial charge < -0.3 is 14.3 Å². The first kappa shape index (κ1) is 15.1. The van der Waals surface area contributed by atoms with Gasteiger partial charge >= 0.3 is 0 Å². The first-order valence-electron chi connectivity index (χ1n) is 8.08. The summed E-state index contributed by atoms with van der Waals surface area (Å²) < 4.78 is 4.89. The van der Waals surface area contributed by atoms with Crippen molar-refractivity contribution in [1.82, 2.24) is 15.0 Å². The van der Waals surface area contributed by atoms with E-state index in [-0.39, 0.29) is 17.4 Å². The van der Waals surface area contributed by atoms with Gasteiger partial charge in [0.15, 0.2) is 0 Å². The van der Waals surface area contributed by atoms with Crippen molar-refractivity contribution in [3.63, 3.8) is 0 Å². The molecule has 0 N–H and O–H groups in total. The van der Waals surface area contributed by atoms with Crippen LogP contribution in [0.15, 0.2) is 10.8 Å². The summed E-state index contributed by atoms with van der Waals surface area (Å²) >= 11 is 0. The van der Waals surface area contributed by atoms with Gasteiger partial charge in [-0.2, -0.15) is 0 Å². The second kappa shape index (κ2) is 5.74. The Morgan fingerprint density at radius 1 is 1.41 bits per heavy atom. The highest BCUT2D eigenvalue weighted by molar-refractivity contribution is 5.95. The molecular formula is C16H23N3O3. The van der Waals surface area contributed by atoms with E-state index >= 15 is 0 Å². The summed E-state index contributed by atoms with van der Waals surface area (Å²) in [4.78, 5) is 28.8. The zero-order chi connectivity index (χ0) is 15.7. The van der Waals surface area contributed by atoms with Crippen molar-refractivity contribution < 1.29 is 14.1 Å². The number of piperidine rings is 2. The molecule has 2 saturated heterocycles. The fourth-order valence-electron chi connectivity index (χ4n) is 3.99. The van der Waals surface area contributed by atoms with Gasteiger partial charge in [0.05, 0.1) is 11.2 Å². The van der Waals surface area contributed by atoms with Gasteiger partial charge in [0.25, 0.3) is 5.91 Å². The molecule has 1 atom stereocenters. The standard InChI is InChI=1S/C16H23N3O3/c1-3-19-14(20)6-4-7-16(19)8-5-9-18(11-16)15(21)13-10-22-17-12(13)2/h10H,3-9,11H2,1-2H3/t16-/m0/s1. The lowest BCUT2D eigenvalue weighted by atomic mass is 9.79. The number of carbonyl (C=O) groups excluding carboxylic acids is 2. The Bertz CT molecular complexity index is 579. The van der Waals surface area contributed by atoms with Crippen LogP contribution in [0.5, 0.6) is 0 Å². The number of likely N-dealkylation sites (tertiary alicyclic amines) is 2. The van der Waals surface area contributed by atoms with Crippen LogP contribution < -0.4 is 0 Å². The molecule has 22 heavy (non-hydrogen) atoms. The van der Waals surface area contributed by atoms with Crippen molar-refractivity contribution in [3.8, 4) is 0 Å². The van der Waals surface area contributed by atoms with Crippen LogP contribution in [0.4, 0.5) is 0 Å². The Morgan fingerprint density at radius 2 is 2.18 bits per heavy atom. The Morgan fingerprint density at radius 3 is 2.86 bits per heavy atom. The van der Waals surface area contributed by atoms with Crippen LogP contribution in [0.1, 0.15) is 55.1 Å². The van der Waals surface area contributed by atoms with Crippen molar-refractivity contribution in [2.24, 2.45) is 0 Å². The van der Waals surface area contributed by atoms with Crippen molar-refractivity contribution in [2.45, 2.75) is 51.5 Å². The zero-order valence-electron chi connectivity index (χ0n) is 13.3. The number of aromatic nitrogens is 1. The third-order valence-corrected chi connectivity index (χ3v) is 5.05. The lowest BCUT2D eigenvalue weighted by Gasteiger charge is -2.51. The van der Waals surface area contributed by atoms with Gasteiger partial charge in [-0.3, -0.25) is 9.59 Å². The number of hydrogen-bond donors (Lipinski definition) is 0. The lowest BCUT2D eigenvalue weighted by molar-refractivity contribution is -0.144. The van der Waals surface area contributed by atoms with Crippen LogP contribution in [0.25, 0.3) is 0 Å². The molecule has 0 aliphatic carbocycles. The quantitative estimate of drug-likeness (QED) is 0.838. The fourth-order valence-corrected chi connectivity index (χ4v) is 3.99. The monoisotopic (exact) mass is 305 g/mol. The summed E-state index contributed by atoms with van der Waals surface area (Å²) in [7, 11) is 0. The molecule has 120 valence electrons. The van der Waals surface area contributed by atoms with Gasteiger partial charge in [-0.1, -0.05) is 5.16 Å². The molecule has 3 heterocycles. The number of rotatable bonds is 2. The Labute approximate surface area is 130 Å². The number of amides is 2. The third kappa shape index (κ3) is 2.40. The summed E-state index contributed by atoms with van der Waals surface area (Å²) in [5.74, 6) is 0.191. The first-order chi connectivity index (χ1) is 10.6. The van der Waals surface area contributed by atoms with Gasteiger partial charge in [-0.15, -0.1) is 0 Å². The summed E-state index contributed by atoms with van der Waals surface area (Å²) in [6.45, 7) is 5.87. The Kier molecular flexibility index (Phi) is 3.93. The third-order valence-electron chi connectivity index (χ3n) is 5.05. The molecule has 0 saturated carbocycles. The molecule has 0 bridgehead atoms. The summed E-state index contributed by atoms with van der Waals surface area (Å²) in [5.41, 5.74) is 0.974. The molecular weight excluding hydrogens is 282 g/mol. The Balaban J connectivity index is 1.83. The van der Waals surface area contributed by atoms with Crippen molar-refractivity contribution >= 4 is 11.8 Å². The molecule has 1 aromatic rings. The van der Waals surface area contributed by atoms with Crippen LogP contribution in [-0.4, -0.2) is 51.9 Å². The molecule has 2 aliphatic heterocycles. The predicted molar refractivity (Wildman–Crippen MR) is 80.3 cm³/mol. The number of carbonyl (C=O) groups is 2. The van der Waals surface area contributed by atoms with E-state index < -0.39 is 0 Å². The maximum atomic E-state index is 12.7. The van der Waals surface area contributed by atoms with E-state index in [4.69, 9.17) is 4.52 Å². The van der Waals surface area contributed by atoms with Crippen LogP contribution in [0, 0.1) is 6.92 Å². The maximum absolute atomic E-state index is 12.7. The van der Waals surface area contributed by atoms with Gasteiger partial charge in [-0.25, -0.2) is 0 Å². The highest BCUT2D eigenvalue weighted by atomic mass is 16.5. The van der Waals surface area contributed by atoms with E-state index in [2.05, 4.69) is 5.16 Å². The van der Waals surface area contributed by atoms with Crippen LogP contribution in [-0.2, 0) is 4.79 Å². The minimum atomic E-state index is -0.178. The highest BCUT2D eigenvalue weighted by Gasteiger charge is 2.45. The summed E-state index contributed by atoms with van der Waals surface area (Å²) in [6.07, 6.45) is 5.87. The average Bonchev–Trinajstić information content (AvgIpc) is 2.93. The maximum Gasteiger partial charge on any atom is 0.259 e. The van der Waals surface area contributed by atoms with Gasteiger partial charge in [0.1, 0.15) is 11.8 Å². The number of aryl methyl sites for hydroxylation is 1. The molecule has 1 spiro atoms. The highest BCUT2D eigenvalue weighted by Crippen LogP contribution is 2.37. The number of hydrogen-bond acceptors (Lipinski definition) is 4. The van der Waals surface area contributed by atoms with Crippen molar-refractivity contribution in [3.05, 3.63) is 17.5 Å². The molecule has 6 heteroatoms. The van der Waals surface area contributed by atoms with Gasteiger partial charge in [0.2, 0.25) is 5.91 Å². The topological polar surface area (TPSA) is 66.7 Å². The summed E-state index contributed by atoms with van der Waals surface area (Å²) in [5, 5.41) is 3.79. The minimum Gasteiger partial charge on any atom is -0.364 e. The van der Waals surface area contributed by atoms with Gasteiger partial charge in [-0.05, 0) is 39.5 Å². The molecule has 2 amide bonds. The fraction of sp³-hybridized carbons (Fsp3) is 0.688. The van der Waals surface area contributed by atoms with E-state index in [1.165, 1.54) is 6.26 Å². The van der Waals surface area contributed by atoms with E-state index in [1.54, 1.807) is 6.92 Å². The number of nitrogens with zero attached hydrogens (tertiary/aromatic N) is 3. The van der Waals surface area contributed by atoms with Crippen molar-refractivity contribution in [1.29, 1.82) is 0 Å². The SMILES string of the molecule is CCN1C(=O)CCC[C@@]12CCCN(C(=O)c1conc1C)C2. The predicted octanol–water partition coefficient (Wildman–Crippen LogP) is 1.99. The molecule has 0 aromatic carbocycles. The zero-order valence-corrected chi connectivity index (χ0v) is 13.3. The lowest BCUT2D eigenvalue weighted by Crippen LogP contribution is -2.63. The number of likely N-dealkylation sites (N-methyl/N-ethyl adjacent to an activating group) is 1. The van der Waals surface area contributed by atoms with E-state index in [0.29, 0.717) is 30.8 Å². The first-order valence-corrected chi connectivity index (χ1v) is 8.08. The minimum absolute atomic E-state index is 0.0353. The molecule has 0 unspecified atom stereocenters.